The third-order valence-electron chi connectivity index (χ3n) is 2.71. The van der Waals surface area contributed by atoms with Crippen molar-refractivity contribution in [3.05, 3.63) is 48.5 Å². The summed E-state index contributed by atoms with van der Waals surface area (Å²) in [7, 11) is 0. The Bertz CT molecular complexity index is 671. The van der Waals surface area contributed by atoms with Crippen LogP contribution in [0.2, 0.25) is 0 Å². The summed E-state index contributed by atoms with van der Waals surface area (Å²) in [5, 5.41) is 0.948. The largest absolute Gasteiger partial charge is 0.397 e. The lowest BCUT2D eigenvalue weighted by molar-refractivity contribution is 0.629. The molecule has 3 N–H and O–H groups in total. The topological polar surface area (TPSA) is 54.7 Å². The molecular formula is C13H10FN3. The maximum atomic E-state index is 13.0. The molecule has 0 bridgehead atoms. The van der Waals surface area contributed by atoms with Gasteiger partial charge in [-0.25, -0.2) is 4.39 Å². The molecule has 0 spiro atoms. The number of fused-ring (bicyclic) bond motifs is 1. The molecular weight excluding hydrogens is 217 g/mol. The van der Waals surface area contributed by atoms with E-state index in [2.05, 4.69) is 9.97 Å². The van der Waals surface area contributed by atoms with Gasteiger partial charge in [0.25, 0.3) is 0 Å². The van der Waals surface area contributed by atoms with Crippen molar-refractivity contribution >= 4 is 16.6 Å². The number of nitrogens with one attached hydrogen (secondary N) is 1. The Morgan fingerprint density at radius 2 is 2.06 bits per heavy atom. The van der Waals surface area contributed by atoms with E-state index in [1.807, 2.05) is 12.3 Å². The molecule has 0 amide bonds. The molecule has 0 saturated heterocycles. The second kappa shape index (κ2) is 3.59. The van der Waals surface area contributed by atoms with Crippen LogP contribution in [0.25, 0.3) is 22.2 Å². The molecule has 0 fully saturated rings. The summed E-state index contributed by atoms with van der Waals surface area (Å²) in [6.07, 6.45) is 3.43. The Hall–Kier alpha value is -2.36. The molecule has 17 heavy (non-hydrogen) atoms. The van der Waals surface area contributed by atoms with E-state index in [1.54, 1.807) is 18.3 Å². The van der Waals surface area contributed by atoms with Crippen molar-refractivity contribution in [2.45, 2.75) is 0 Å². The average molecular weight is 227 g/mol. The van der Waals surface area contributed by atoms with Crippen LogP contribution < -0.4 is 5.73 Å². The molecule has 1 aromatic carbocycles. The normalized spacial score (nSPS) is 10.9. The molecule has 84 valence electrons. The Labute approximate surface area is 97.1 Å². The molecule has 2 heterocycles. The van der Waals surface area contributed by atoms with Crippen LogP contribution in [0.3, 0.4) is 0 Å². The zero-order valence-corrected chi connectivity index (χ0v) is 8.94. The van der Waals surface area contributed by atoms with Crippen LogP contribution in [0.15, 0.2) is 42.7 Å². The Kier molecular flexibility index (Phi) is 2.08. The Balaban J connectivity index is 2.21. The fraction of sp³-hybridized carbons (Fsp3) is 0. The predicted octanol–water partition coefficient (Wildman–Crippen LogP) is 2.95. The van der Waals surface area contributed by atoms with E-state index < -0.39 is 0 Å². The van der Waals surface area contributed by atoms with Crippen LogP contribution in [0.4, 0.5) is 10.1 Å². The van der Waals surface area contributed by atoms with Crippen LogP contribution in [0.1, 0.15) is 0 Å². The lowest BCUT2D eigenvalue weighted by Gasteiger charge is -1.99. The summed E-state index contributed by atoms with van der Waals surface area (Å²) in [5.74, 6) is -0.254. The van der Waals surface area contributed by atoms with Gasteiger partial charge >= 0.3 is 0 Å². The SMILES string of the molecule is Nc1ccc(-c2c[nH]c3cc(F)ccc23)nc1. The second-order valence-corrected chi connectivity index (χ2v) is 3.87. The Morgan fingerprint density at radius 3 is 2.82 bits per heavy atom. The first-order chi connectivity index (χ1) is 8.24. The molecule has 3 aromatic rings. The number of pyridine rings is 1. The number of anilines is 1. The van der Waals surface area contributed by atoms with Crippen molar-refractivity contribution in [3.63, 3.8) is 0 Å². The second-order valence-electron chi connectivity index (χ2n) is 3.87. The van der Waals surface area contributed by atoms with Crippen LogP contribution in [-0.2, 0) is 0 Å². The predicted molar refractivity (Wildman–Crippen MR) is 65.9 cm³/mol. The minimum Gasteiger partial charge on any atom is -0.397 e. The van der Waals surface area contributed by atoms with Crippen molar-refractivity contribution in [1.29, 1.82) is 0 Å². The van der Waals surface area contributed by atoms with Gasteiger partial charge in [-0.15, -0.1) is 0 Å². The number of halogens is 1. The summed E-state index contributed by atoms with van der Waals surface area (Å²) < 4.78 is 13.0. The van der Waals surface area contributed by atoms with E-state index in [1.165, 1.54) is 12.1 Å². The minimum absolute atomic E-state index is 0.254. The van der Waals surface area contributed by atoms with Gasteiger partial charge < -0.3 is 10.7 Å². The molecule has 0 aliphatic heterocycles. The van der Waals surface area contributed by atoms with Crippen LogP contribution in [0, 0.1) is 5.82 Å². The molecule has 0 radical (unpaired) electrons. The summed E-state index contributed by atoms with van der Waals surface area (Å²) in [6, 6.07) is 8.30. The van der Waals surface area contributed by atoms with E-state index in [0.717, 1.165) is 22.2 Å². The lowest BCUT2D eigenvalue weighted by Crippen LogP contribution is -1.87. The van der Waals surface area contributed by atoms with Crippen LogP contribution in [0.5, 0.6) is 0 Å². The van der Waals surface area contributed by atoms with E-state index in [9.17, 15) is 4.39 Å². The van der Waals surface area contributed by atoms with E-state index >= 15 is 0 Å². The molecule has 0 aliphatic rings. The maximum Gasteiger partial charge on any atom is 0.125 e. The highest BCUT2D eigenvalue weighted by Gasteiger charge is 2.07. The number of hydrogen-bond donors (Lipinski definition) is 2. The highest BCUT2D eigenvalue weighted by molar-refractivity contribution is 5.94. The Morgan fingerprint density at radius 1 is 1.18 bits per heavy atom. The van der Waals surface area contributed by atoms with E-state index in [4.69, 9.17) is 5.73 Å². The van der Waals surface area contributed by atoms with Gasteiger partial charge in [0.1, 0.15) is 5.82 Å². The van der Waals surface area contributed by atoms with Gasteiger partial charge in [-0.05, 0) is 30.3 Å². The maximum absolute atomic E-state index is 13.0. The number of nitrogens with zero attached hydrogens (tertiary/aromatic N) is 1. The number of nitrogens with two attached hydrogens (primary N) is 1. The van der Waals surface area contributed by atoms with Crippen LogP contribution in [-0.4, -0.2) is 9.97 Å². The number of aromatic amines is 1. The number of hydrogen-bond acceptors (Lipinski definition) is 2. The monoisotopic (exact) mass is 227 g/mol. The van der Waals surface area contributed by atoms with Crippen molar-refractivity contribution in [1.82, 2.24) is 9.97 Å². The van der Waals surface area contributed by atoms with Gasteiger partial charge in [-0.1, -0.05) is 0 Å². The smallest absolute Gasteiger partial charge is 0.125 e. The molecule has 0 unspecified atom stereocenters. The number of nitrogen functional groups attached to an aromatic ring is 1. The van der Waals surface area contributed by atoms with Gasteiger partial charge in [-0.3, -0.25) is 4.98 Å². The quantitative estimate of drug-likeness (QED) is 0.671. The lowest BCUT2D eigenvalue weighted by atomic mass is 10.1. The van der Waals surface area contributed by atoms with Crippen LogP contribution >= 0.6 is 0 Å². The molecule has 2 aromatic heterocycles. The fourth-order valence-corrected chi connectivity index (χ4v) is 1.87. The molecule has 4 heteroatoms. The van der Waals surface area contributed by atoms with E-state index in [0.29, 0.717) is 5.69 Å². The third-order valence-corrected chi connectivity index (χ3v) is 2.71. The number of aromatic nitrogens is 2. The highest BCUT2D eigenvalue weighted by atomic mass is 19.1. The number of rotatable bonds is 1. The third kappa shape index (κ3) is 1.63. The van der Waals surface area contributed by atoms with Crippen molar-refractivity contribution in [3.8, 4) is 11.3 Å². The van der Waals surface area contributed by atoms with E-state index in [-0.39, 0.29) is 5.82 Å². The average Bonchev–Trinajstić information content (AvgIpc) is 2.73. The van der Waals surface area contributed by atoms with Gasteiger partial charge in [0, 0.05) is 22.7 Å². The fourth-order valence-electron chi connectivity index (χ4n) is 1.87. The van der Waals surface area contributed by atoms with Gasteiger partial charge in [0.15, 0.2) is 0 Å². The highest BCUT2D eigenvalue weighted by Crippen LogP contribution is 2.27. The van der Waals surface area contributed by atoms with Crippen molar-refractivity contribution < 1.29 is 4.39 Å². The summed E-state index contributed by atoms with van der Waals surface area (Å²) in [5.41, 5.74) is 8.74. The molecule has 0 saturated carbocycles. The molecule has 3 nitrogen and oxygen atoms in total. The first-order valence-electron chi connectivity index (χ1n) is 5.22. The standard InChI is InChI=1S/C13H10FN3/c14-8-1-3-10-11(7-17-13(10)5-8)12-4-2-9(15)6-16-12/h1-7,17H,15H2. The first kappa shape index (κ1) is 9.84. The number of H-pyrrole nitrogens is 1. The summed E-state index contributed by atoms with van der Waals surface area (Å²) >= 11 is 0. The number of benzene rings is 1. The molecule has 0 aliphatic carbocycles. The first-order valence-corrected chi connectivity index (χ1v) is 5.22. The zero-order chi connectivity index (χ0) is 11.8. The van der Waals surface area contributed by atoms with Crippen molar-refractivity contribution in [2.24, 2.45) is 0 Å². The zero-order valence-electron chi connectivity index (χ0n) is 8.94. The van der Waals surface area contributed by atoms with Crippen molar-refractivity contribution in [2.75, 3.05) is 5.73 Å². The van der Waals surface area contributed by atoms with Gasteiger partial charge in [0.2, 0.25) is 0 Å². The summed E-state index contributed by atoms with van der Waals surface area (Å²) in [4.78, 5) is 7.29. The summed E-state index contributed by atoms with van der Waals surface area (Å²) in [6.45, 7) is 0. The van der Waals surface area contributed by atoms with Gasteiger partial charge in [0.05, 0.1) is 17.6 Å². The minimum atomic E-state index is -0.254. The molecule has 3 rings (SSSR count). The van der Waals surface area contributed by atoms with Gasteiger partial charge in [-0.2, -0.15) is 0 Å². The molecule has 0 atom stereocenters.